The minimum atomic E-state index is 0.895. The van der Waals surface area contributed by atoms with Gasteiger partial charge in [0, 0.05) is 23.1 Å². The van der Waals surface area contributed by atoms with E-state index in [-0.39, 0.29) is 0 Å². The van der Waals surface area contributed by atoms with Gasteiger partial charge in [-0.1, -0.05) is 15.9 Å². The van der Waals surface area contributed by atoms with Crippen molar-refractivity contribution in [2.45, 2.75) is 20.3 Å². The molecule has 0 spiro atoms. The van der Waals surface area contributed by atoms with Crippen molar-refractivity contribution in [2.24, 2.45) is 0 Å². The average molecular weight is 252 g/mol. The maximum absolute atomic E-state index is 3.44. The normalized spacial score (nSPS) is 9.07. The van der Waals surface area contributed by atoms with Gasteiger partial charge in [0.25, 0.3) is 0 Å². The number of hydrogen-bond donors (Lipinski definition) is 1. The zero-order valence-corrected chi connectivity index (χ0v) is 10.1. The zero-order valence-electron chi connectivity index (χ0n) is 8.52. The molecule has 14 heavy (non-hydrogen) atoms. The summed E-state index contributed by atoms with van der Waals surface area (Å²) in [7, 11) is 0. The number of nitrogens with one attached hydrogen (secondary N) is 1. The van der Waals surface area contributed by atoms with Gasteiger partial charge in [-0.2, -0.15) is 0 Å². The van der Waals surface area contributed by atoms with Crippen LogP contribution in [-0.4, -0.2) is 6.54 Å². The van der Waals surface area contributed by atoms with Crippen LogP contribution in [0.15, 0.2) is 22.7 Å². The first-order valence-corrected chi connectivity index (χ1v) is 5.43. The Morgan fingerprint density at radius 2 is 2.21 bits per heavy atom. The van der Waals surface area contributed by atoms with E-state index in [9.17, 15) is 0 Å². The molecule has 0 heterocycles. The Hall–Kier alpha value is -0.940. The molecule has 0 aliphatic heterocycles. The smallest absolute Gasteiger partial charge is 0.0370 e. The summed E-state index contributed by atoms with van der Waals surface area (Å²) in [4.78, 5) is 0. The molecule has 0 aliphatic carbocycles. The SMILES string of the molecule is CC#CCCNc1ccc(Br)cc1C. The maximum Gasteiger partial charge on any atom is 0.0370 e. The van der Waals surface area contributed by atoms with E-state index in [0.29, 0.717) is 0 Å². The van der Waals surface area contributed by atoms with E-state index in [1.807, 2.05) is 13.0 Å². The van der Waals surface area contributed by atoms with Gasteiger partial charge in [-0.25, -0.2) is 0 Å². The van der Waals surface area contributed by atoms with Crippen molar-refractivity contribution < 1.29 is 0 Å². The third-order valence-corrected chi connectivity index (χ3v) is 2.42. The molecule has 1 nitrogen and oxygen atoms in total. The topological polar surface area (TPSA) is 12.0 Å². The fraction of sp³-hybridized carbons (Fsp3) is 0.333. The molecule has 0 aromatic heterocycles. The van der Waals surface area contributed by atoms with E-state index < -0.39 is 0 Å². The van der Waals surface area contributed by atoms with Crippen molar-refractivity contribution in [3.05, 3.63) is 28.2 Å². The summed E-state index contributed by atoms with van der Waals surface area (Å²) in [6, 6.07) is 6.23. The van der Waals surface area contributed by atoms with Gasteiger partial charge in [0.15, 0.2) is 0 Å². The molecule has 0 saturated carbocycles. The van der Waals surface area contributed by atoms with Crippen LogP contribution in [0, 0.1) is 18.8 Å². The van der Waals surface area contributed by atoms with Gasteiger partial charge < -0.3 is 5.32 Å². The van der Waals surface area contributed by atoms with E-state index >= 15 is 0 Å². The molecule has 0 fully saturated rings. The highest BCUT2D eigenvalue weighted by Gasteiger charge is 1.96. The van der Waals surface area contributed by atoms with E-state index in [0.717, 1.165) is 17.4 Å². The second-order valence-corrected chi connectivity index (χ2v) is 3.98. The molecule has 0 unspecified atom stereocenters. The third kappa shape index (κ3) is 3.43. The summed E-state index contributed by atoms with van der Waals surface area (Å²) >= 11 is 3.44. The molecule has 0 bridgehead atoms. The molecule has 1 aromatic rings. The Bertz CT molecular complexity index is 360. The lowest BCUT2D eigenvalue weighted by Gasteiger charge is -2.07. The van der Waals surface area contributed by atoms with Crippen LogP contribution in [-0.2, 0) is 0 Å². The molecule has 0 atom stereocenters. The van der Waals surface area contributed by atoms with Gasteiger partial charge in [0.05, 0.1) is 0 Å². The van der Waals surface area contributed by atoms with Gasteiger partial charge in [-0.15, -0.1) is 11.8 Å². The Balaban J connectivity index is 2.53. The molecule has 0 aliphatic rings. The number of halogens is 1. The highest BCUT2D eigenvalue weighted by Crippen LogP contribution is 2.19. The van der Waals surface area contributed by atoms with Crippen LogP contribution in [0.3, 0.4) is 0 Å². The molecule has 1 aromatic carbocycles. The fourth-order valence-electron chi connectivity index (χ4n) is 1.21. The van der Waals surface area contributed by atoms with Crippen molar-refractivity contribution >= 4 is 21.6 Å². The van der Waals surface area contributed by atoms with E-state index in [4.69, 9.17) is 0 Å². The van der Waals surface area contributed by atoms with Gasteiger partial charge in [-0.3, -0.25) is 0 Å². The molecule has 0 amide bonds. The van der Waals surface area contributed by atoms with Crippen LogP contribution in [0.4, 0.5) is 5.69 Å². The molecule has 0 saturated heterocycles. The number of benzene rings is 1. The standard InChI is InChI=1S/C12H14BrN/c1-3-4-5-8-14-12-7-6-11(13)9-10(12)2/h6-7,9,14H,5,8H2,1-2H3. The average Bonchev–Trinajstić information content (AvgIpc) is 2.15. The lowest BCUT2D eigenvalue weighted by Crippen LogP contribution is -2.01. The van der Waals surface area contributed by atoms with Crippen LogP contribution in [0.2, 0.25) is 0 Å². The van der Waals surface area contributed by atoms with Crippen molar-refractivity contribution in [1.82, 2.24) is 0 Å². The van der Waals surface area contributed by atoms with Crippen LogP contribution in [0.1, 0.15) is 18.9 Å². The second-order valence-electron chi connectivity index (χ2n) is 3.06. The van der Waals surface area contributed by atoms with Gasteiger partial charge in [0.1, 0.15) is 0 Å². The summed E-state index contributed by atoms with van der Waals surface area (Å²) in [6.07, 6.45) is 0.895. The molecule has 1 N–H and O–H groups in total. The summed E-state index contributed by atoms with van der Waals surface area (Å²) in [6.45, 7) is 4.87. The number of anilines is 1. The number of hydrogen-bond acceptors (Lipinski definition) is 1. The van der Waals surface area contributed by atoms with Crippen LogP contribution < -0.4 is 5.32 Å². The van der Waals surface area contributed by atoms with Gasteiger partial charge in [0.2, 0.25) is 0 Å². The van der Waals surface area contributed by atoms with Crippen molar-refractivity contribution in [3.63, 3.8) is 0 Å². The Morgan fingerprint density at radius 3 is 2.86 bits per heavy atom. The van der Waals surface area contributed by atoms with Crippen LogP contribution in [0.5, 0.6) is 0 Å². The third-order valence-electron chi connectivity index (χ3n) is 1.93. The first-order valence-electron chi connectivity index (χ1n) is 4.63. The predicted molar refractivity (Wildman–Crippen MR) is 65.4 cm³/mol. The first kappa shape index (κ1) is 11.1. The Morgan fingerprint density at radius 1 is 1.43 bits per heavy atom. The second kappa shape index (κ2) is 5.72. The zero-order chi connectivity index (χ0) is 10.4. The predicted octanol–water partition coefficient (Wildman–Crippen LogP) is 3.58. The Labute approximate surface area is 94.0 Å². The monoisotopic (exact) mass is 251 g/mol. The van der Waals surface area contributed by atoms with Crippen molar-refractivity contribution in [3.8, 4) is 11.8 Å². The minimum absolute atomic E-state index is 0.895. The van der Waals surface area contributed by atoms with Gasteiger partial charge in [-0.05, 0) is 37.6 Å². The molecular formula is C12H14BrN. The summed E-state index contributed by atoms with van der Waals surface area (Å²) < 4.78 is 1.12. The summed E-state index contributed by atoms with van der Waals surface area (Å²) in [5.74, 6) is 5.91. The summed E-state index contributed by atoms with van der Waals surface area (Å²) in [5, 5.41) is 3.35. The highest BCUT2D eigenvalue weighted by molar-refractivity contribution is 9.10. The number of aryl methyl sites for hydroxylation is 1. The first-order chi connectivity index (χ1) is 6.74. The van der Waals surface area contributed by atoms with E-state index in [1.165, 1.54) is 11.3 Å². The van der Waals surface area contributed by atoms with E-state index in [2.05, 4.69) is 52.1 Å². The molecule has 2 heteroatoms. The molecule has 0 radical (unpaired) electrons. The van der Waals surface area contributed by atoms with Crippen molar-refractivity contribution in [2.75, 3.05) is 11.9 Å². The minimum Gasteiger partial charge on any atom is -0.384 e. The Kier molecular flexibility index (Phi) is 4.55. The molecule has 74 valence electrons. The van der Waals surface area contributed by atoms with Crippen LogP contribution >= 0.6 is 15.9 Å². The summed E-state index contributed by atoms with van der Waals surface area (Å²) in [5.41, 5.74) is 2.44. The van der Waals surface area contributed by atoms with Crippen molar-refractivity contribution in [1.29, 1.82) is 0 Å². The van der Waals surface area contributed by atoms with E-state index in [1.54, 1.807) is 0 Å². The lowest BCUT2D eigenvalue weighted by molar-refractivity contribution is 1.09. The fourth-order valence-corrected chi connectivity index (χ4v) is 1.69. The number of rotatable bonds is 3. The molecular weight excluding hydrogens is 238 g/mol. The van der Waals surface area contributed by atoms with Crippen LogP contribution in [0.25, 0.3) is 0 Å². The largest absolute Gasteiger partial charge is 0.384 e. The maximum atomic E-state index is 3.44. The lowest BCUT2D eigenvalue weighted by atomic mass is 10.2. The highest BCUT2D eigenvalue weighted by atomic mass is 79.9. The molecule has 1 rings (SSSR count). The van der Waals surface area contributed by atoms with Gasteiger partial charge >= 0.3 is 0 Å². The quantitative estimate of drug-likeness (QED) is 0.640.